The summed E-state index contributed by atoms with van der Waals surface area (Å²) in [5.74, 6) is 0.435. The number of nitrogens with zero attached hydrogens (tertiary/aromatic N) is 4. The third-order valence-corrected chi connectivity index (χ3v) is 5.27. The van der Waals surface area contributed by atoms with Gasteiger partial charge in [-0.05, 0) is 51.2 Å². The van der Waals surface area contributed by atoms with Crippen LogP contribution in [0.5, 0.6) is 0 Å². The van der Waals surface area contributed by atoms with Gasteiger partial charge in [0.25, 0.3) is 5.91 Å². The molecule has 124 valence electrons. The van der Waals surface area contributed by atoms with Crippen LogP contribution in [0.4, 0.5) is 0 Å². The highest BCUT2D eigenvalue weighted by atomic mass is 32.1. The van der Waals surface area contributed by atoms with Gasteiger partial charge in [-0.2, -0.15) is 5.10 Å². The van der Waals surface area contributed by atoms with Gasteiger partial charge < -0.3 is 5.32 Å². The van der Waals surface area contributed by atoms with Gasteiger partial charge in [0, 0.05) is 30.9 Å². The van der Waals surface area contributed by atoms with E-state index in [1.807, 2.05) is 13.8 Å². The normalized spacial score (nSPS) is 18.5. The van der Waals surface area contributed by atoms with Crippen molar-refractivity contribution in [2.24, 2.45) is 5.92 Å². The smallest absolute Gasteiger partial charge is 0.264 e. The Morgan fingerprint density at radius 1 is 1.39 bits per heavy atom. The molecule has 0 spiro atoms. The van der Waals surface area contributed by atoms with E-state index in [4.69, 9.17) is 0 Å². The highest BCUT2D eigenvalue weighted by Gasteiger charge is 2.25. The highest BCUT2D eigenvalue weighted by Crippen LogP contribution is 2.20. The minimum absolute atomic E-state index is 0.0579. The van der Waals surface area contributed by atoms with Crippen molar-refractivity contribution in [1.29, 1.82) is 0 Å². The molecule has 1 saturated heterocycles. The van der Waals surface area contributed by atoms with Crippen molar-refractivity contribution < 1.29 is 4.79 Å². The number of aromatic nitrogens is 4. The summed E-state index contributed by atoms with van der Waals surface area (Å²) in [5, 5.41) is 14.2. The minimum Gasteiger partial charge on any atom is -0.351 e. The van der Waals surface area contributed by atoms with Crippen LogP contribution >= 0.6 is 11.5 Å². The Bertz CT molecular complexity index is 674. The van der Waals surface area contributed by atoms with Gasteiger partial charge in [0.2, 0.25) is 0 Å². The number of carbonyl (C=O) groups is 1. The van der Waals surface area contributed by atoms with E-state index in [1.54, 1.807) is 0 Å². The molecular formula is C15H22N6OS. The molecule has 0 bridgehead atoms. The summed E-state index contributed by atoms with van der Waals surface area (Å²) in [6.45, 7) is 9.61. The summed E-state index contributed by atoms with van der Waals surface area (Å²) in [6, 6.07) is 0. The standard InChI is InChI=1S/C15H22N6OS/c1-9-13(10(2)18-17-9)8-21-5-4-12(7-21)6-16-15(22)14-11(3)19-20-23-14/h12H,4-8H2,1-3H3,(H,16,22)(H,17,18). The van der Waals surface area contributed by atoms with E-state index in [2.05, 4.69) is 36.9 Å². The molecule has 8 heteroatoms. The van der Waals surface area contributed by atoms with Crippen molar-refractivity contribution in [3.8, 4) is 0 Å². The summed E-state index contributed by atoms with van der Waals surface area (Å²) in [6.07, 6.45) is 1.11. The predicted molar refractivity (Wildman–Crippen MR) is 88.4 cm³/mol. The van der Waals surface area contributed by atoms with E-state index >= 15 is 0 Å². The lowest BCUT2D eigenvalue weighted by Crippen LogP contribution is -2.31. The van der Waals surface area contributed by atoms with Crippen LogP contribution in [-0.4, -0.2) is 50.2 Å². The van der Waals surface area contributed by atoms with E-state index in [0.29, 0.717) is 23.0 Å². The number of hydrogen-bond donors (Lipinski definition) is 2. The van der Waals surface area contributed by atoms with Crippen LogP contribution < -0.4 is 5.32 Å². The maximum atomic E-state index is 12.1. The van der Waals surface area contributed by atoms with Gasteiger partial charge in [-0.1, -0.05) is 4.49 Å². The molecule has 0 saturated carbocycles. The van der Waals surface area contributed by atoms with Crippen molar-refractivity contribution in [1.82, 2.24) is 30.0 Å². The lowest BCUT2D eigenvalue weighted by molar-refractivity contribution is 0.0950. The number of aryl methyl sites for hydroxylation is 3. The average Bonchev–Trinajstić information content (AvgIpc) is 3.22. The number of aromatic amines is 1. The molecular weight excluding hydrogens is 312 g/mol. The third-order valence-electron chi connectivity index (χ3n) is 4.44. The molecule has 1 fully saturated rings. The van der Waals surface area contributed by atoms with Crippen LogP contribution in [0.15, 0.2) is 0 Å². The van der Waals surface area contributed by atoms with E-state index in [9.17, 15) is 4.79 Å². The first kappa shape index (κ1) is 16.1. The van der Waals surface area contributed by atoms with Crippen LogP contribution in [0.25, 0.3) is 0 Å². The van der Waals surface area contributed by atoms with E-state index in [0.717, 1.165) is 49.0 Å². The molecule has 1 aliphatic rings. The van der Waals surface area contributed by atoms with Gasteiger partial charge in [0.05, 0.1) is 11.4 Å². The van der Waals surface area contributed by atoms with Crippen LogP contribution in [0, 0.1) is 26.7 Å². The van der Waals surface area contributed by atoms with Crippen molar-refractivity contribution in [3.63, 3.8) is 0 Å². The average molecular weight is 334 g/mol. The Kier molecular flexibility index (Phi) is 4.72. The molecule has 3 heterocycles. The molecule has 2 N–H and O–H groups in total. The topological polar surface area (TPSA) is 86.8 Å². The molecule has 0 radical (unpaired) electrons. The molecule has 7 nitrogen and oxygen atoms in total. The Labute approximate surface area is 139 Å². The molecule has 0 aromatic carbocycles. The first-order valence-corrected chi connectivity index (χ1v) is 8.62. The van der Waals surface area contributed by atoms with Gasteiger partial charge in [0.1, 0.15) is 4.88 Å². The second-order valence-corrected chi connectivity index (χ2v) is 6.95. The Hall–Kier alpha value is -1.80. The zero-order valence-corrected chi connectivity index (χ0v) is 14.5. The van der Waals surface area contributed by atoms with Crippen LogP contribution in [0.3, 0.4) is 0 Å². The minimum atomic E-state index is -0.0579. The summed E-state index contributed by atoms with van der Waals surface area (Å²) in [5.41, 5.74) is 4.22. The van der Waals surface area contributed by atoms with Crippen molar-refractivity contribution in [3.05, 3.63) is 27.5 Å². The first-order valence-electron chi connectivity index (χ1n) is 7.84. The predicted octanol–water partition coefficient (Wildman–Crippen LogP) is 1.44. The van der Waals surface area contributed by atoms with Gasteiger partial charge >= 0.3 is 0 Å². The molecule has 2 aromatic rings. The monoisotopic (exact) mass is 334 g/mol. The molecule has 2 aromatic heterocycles. The van der Waals surface area contributed by atoms with Crippen LogP contribution in [0.1, 0.15) is 38.7 Å². The van der Waals surface area contributed by atoms with Crippen molar-refractivity contribution in [2.75, 3.05) is 19.6 Å². The highest BCUT2D eigenvalue weighted by molar-refractivity contribution is 7.07. The summed E-state index contributed by atoms with van der Waals surface area (Å²) in [7, 11) is 0. The van der Waals surface area contributed by atoms with Crippen LogP contribution in [-0.2, 0) is 6.54 Å². The van der Waals surface area contributed by atoms with Gasteiger partial charge in [0.15, 0.2) is 0 Å². The Morgan fingerprint density at radius 3 is 2.87 bits per heavy atom. The first-order chi connectivity index (χ1) is 11.0. The molecule has 1 aliphatic heterocycles. The zero-order valence-electron chi connectivity index (χ0n) is 13.7. The number of likely N-dealkylation sites (tertiary alicyclic amines) is 1. The van der Waals surface area contributed by atoms with E-state index in [-0.39, 0.29) is 5.91 Å². The number of nitrogens with one attached hydrogen (secondary N) is 2. The van der Waals surface area contributed by atoms with Gasteiger partial charge in [-0.15, -0.1) is 5.10 Å². The van der Waals surface area contributed by atoms with Crippen molar-refractivity contribution >= 4 is 17.4 Å². The Balaban J connectivity index is 1.49. The fourth-order valence-corrected chi connectivity index (χ4v) is 3.58. The number of amides is 1. The molecule has 3 rings (SSSR count). The maximum absolute atomic E-state index is 12.1. The zero-order chi connectivity index (χ0) is 16.4. The van der Waals surface area contributed by atoms with Crippen LogP contribution in [0.2, 0.25) is 0 Å². The molecule has 1 unspecified atom stereocenters. The lowest BCUT2D eigenvalue weighted by Gasteiger charge is -2.16. The summed E-state index contributed by atoms with van der Waals surface area (Å²) < 4.78 is 3.81. The molecule has 1 atom stereocenters. The van der Waals surface area contributed by atoms with Gasteiger partial charge in [-0.25, -0.2) is 0 Å². The van der Waals surface area contributed by atoms with E-state index < -0.39 is 0 Å². The fraction of sp³-hybridized carbons (Fsp3) is 0.600. The third kappa shape index (κ3) is 3.59. The molecule has 1 amide bonds. The molecule has 23 heavy (non-hydrogen) atoms. The SMILES string of the molecule is Cc1nnsc1C(=O)NCC1CCN(Cc2c(C)n[nH]c2C)C1. The quantitative estimate of drug-likeness (QED) is 0.864. The van der Waals surface area contributed by atoms with E-state index in [1.165, 1.54) is 5.56 Å². The second kappa shape index (κ2) is 6.76. The summed E-state index contributed by atoms with van der Waals surface area (Å²) >= 11 is 1.15. The fourth-order valence-electron chi connectivity index (χ4n) is 3.01. The number of H-pyrrole nitrogens is 1. The molecule has 0 aliphatic carbocycles. The lowest BCUT2D eigenvalue weighted by atomic mass is 10.1. The summed E-state index contributed by atoms with van der Waals surface area (Å²) in [4.78, 5) is 15.2. The largest absolute Gasteiger partial charge is 0.351 e. The van der Waals surface area contributed by atoms with Crippen molar-refractivity contribution in [2.45, 2.75) is 33.7 Å². The number of rotatable bonds is 5. The second-order valence-electron chi connectivity index (χ2n) is 6.20. The number of carbonyl (C=O) groups excluding carboxylic acids is 1. The maximum Gasteiger partial charge on any atom is 0.264 e. The number of hydrogen-bond acceptors (Lipinski definition) is 6. The Morgan fingerprint density at radius 2 is 2.22 bits per heavy atom. The van der Waals surface area contributed by atoms with Gasteiger partial charge in [-0.3, -0.25) is 14.8 Å².